The molecule has 2 rings (SSSR count). The van der Waals surface area contributed by atoms with Gasteiger partial charge < -0.3 is 5.73 Å². The van der Waals surface area contributed by atoms with Gasteiger partial charge in [-0.1, -0.05) is 0 Å². The molecular formula is C9H8F3N5. The van der Waals surface area contributed by atoms with Gasteiger partial charge in [-0.3, -0.25) is 0 Å². The molecule has 0 amide bonds. The van der Waals surface area contributed by atoms with E-state index in [9.17, 15) is 13.2 Å². The van der Waals surface area contributed by atoms with Gasteiger partial charge in [-0.15, -0.1) is 0 Å². The molecule has 0 spiro atoms. The highest BCUT2D eigenvalue weighted by atomic mass is 19.4. The molecule has 2 aromatic heterocycles. The molecule has 5 nitrogen and oxygen atoms in total. The zero-order valence-electron chi connectivity index (χ0n) is 8.52. The van der Waals surface area contributed by atoms with Crippen molar-refractivity contribution in [3.05, 3.63) is 35.9 Å². The molecule has 8 heteroatoms. The van der Waals surface area contributed by atoms with Crippen LogP contribution < -0.4 is 5.73 Å². The smallest absolute Gasteiger partial charge is 0.326 e. The quantitative estimate of drug-likeness (QED) is 0.858. The van der Waals surface area contributed by atoms with Crippen molar-refractivity contribution in [1.82, 2.24) is 19.7 Å². The van der Waals surface area contributed by atoms with Crippen molar-refractivity contribution in [3.63, 3.8) is 0 Å². The molecule has 0 unspecified atom stereocenters. The minimum absolute atomic E-state index is 0.0673. The number of nitrogens with zero attached hydrogens (tertiary/aromatic N) is 4. The maximum Gasteiger partial charge on any atom is 0.435 e. The summed E-state index contributed by atoms with van der Waals surface area (Å²) >= 11 is 0. The van der Waals surface area contributed by atoms with Crippen LogP contribution in [0.1, 0.15) is 11.3 Å². The molecule has 0 atom stereocenters. The molecule has 2 heterocycles. The summed E-state index contributed by atoms with van der Waals surface area (Å²) in [7, 11) is 0. The van der Waals surface area contributed by atoms with Crippen molar-refractivity contribution in [2.24, 2.45) is 5.73 Å². The molecule has 0 aromatic carbocycles. The van der Waals surface area contributed by atoms with Crippen LogP contribution in [0.15, 0.2) is 24.7 Å². The molecule has 0 aliphatic heterocycles. The molecule has 2 N–H and O–H groups in total. The first-order valence-electron chi connectivity index (χ1n) is 4.65. The van der Waals surface area contributed by atoms with Crippen molar-refractivity contribution in [1.29, 1.82) is 0 Å². The van der Waals surface area contributed by atoms with Gasteiger partial charge in [0.15, 0.2) is 5.69 Å². The van der Waals surface area contributed by atoms with E-state index in [-0.39, 0.29) is 12.5 Å². The summed E-state index contributed by atoms with van der Waals surface area (Å²) in [6.07, 6.45) is -0.433. The second-order valence-corrected chi connectivity index (χ2v) is 3.24. The Morgan fingerprint density at radius 1 is 1.24 bits per heavy atom. The molecule has 0 aliphatic carbocycles. The highest BCUT2D eigenvalue weighted by Crippen LogP contribution is 2.27. The van der Waals surface area contributed by atoms with E-state index in [1.54, 1.807) is 0 Å². The first-order valence-corrected chi connectivity index (χ1v) is 4.65. The highest BCUT2D eigenvalue weighted by Gasteiger charge is 2.33. The minimum Gasteiger partial charge on any atom is -0.326 e. The monoisotopic (exact) mass is 243 g/mol. The summed E-state index contributed by atoms with van der Waals surface area (Å²) in [5, 5.41) is 3.34. The zero-order chi connectivity index (χ0) is 12.5. The summed E-state index contributed by atoms with van der Waals surface area (Å²) in [4.78, 5) is 7.71. The summed E-state index contributed by atoms with van der Waals surface area (Å²) in [5.74, 6) is 0.0673. The van der Waals surface area contributed by atoms with Gasteiger partial charge in [0.25, 0.3) is 0 Å². The van der Waals surface area contributed by atoms with Crippen molar-refractivity contribution < 1.29 is 13.2 Å². The van der Waals surface area contributed by atoms with E-state index in [0.717, 1.165) is 16.9 Å². The van der Waals surface area contributed by atoms with Gasteiger partial charge in [0, 0.05) is 30.7 Å². The molecule has 0 aliphatic rings. The number of hydrogen-bond donors (Lipinski definition) is 1. The van der Waals surface area contributed by atoms with Crippen molar-refractivity contribution in [2.45, 2.75) is 12.7 Å². The third kappa shape index (κ3) is 2.41. The molecule has 0 radical (unpaired) electrons. The predicted octanol–water partition coefficient (Wildman–Crippen LogP) is 1.14. The first-order chi connectivity index (χ1) is 8.00. The van der Waals surface area contributed by atoms with Gasteiger partial charge in [-0.25, -0.2) is 14.6 Å². The van der Waals surface area contributed by atoms with Crippen LogP contribution in [0.25, 0.3) is 5.95 Å². The van der Waals surface area contributed by atoms with Crippen LogP contribution in [-0.4, -0.2) is 19.7 Å². The zero-order valence-corrected chi connectivity index (χ0v) is 8.52. The highest BCUT2D eigenvalue weighted by molar-refractivity contribution is 5.16. The van der Waals surface area contributed by atoms with Crippen LogP contribution in [0.2, 0.25) is 0 Å². The Kier molecular flexibility index (Phi) is 2.80. The SMILES string of the molecule is NCc1cnc(-n2ccc(C(F)(F)F)n2)nc1. The van der Waals surface area contributed by atoms with Crippen LogP contribution in [0.4, 0.5) is 13.2 Å². The first kappa shape index (κ1) is 11.5. The number of alkyl halides is 3. The summed E-state index contributed by atoms with van der Waals surface area (Å²) in [6.45, 7) is 0.271. The molecule has 0 bridgehead atoms. The number of halogens is 3. The van der Waals surface area contributed by atoms with Crippen LogP contribution >= 0.6 is 0 Å². The van der Waals surface area contributed by atoms with E-state index in [4.69, 9.17) is 5.73 Å². The van der Waals surface area contributed by atoms with E-state index < -0.39 is 11.9 Å². The molecule has 17 heavy (non-hydrogen) atoms. The standard InChI is InChI=1S/C9H8F3N5/c10-9(11,12)7-1-2-17(16-7)8-14-4-6(3-13)5-15-8/h1-2,4-5H,3,13H2. The molecular weight excluding hydrogens is 235 g/mol. The minimum atomic E-state index is -4.47. The molecule has 0 saturated carbocycles. The Morgan fingerprint density at radius 2 is 1.88 bits per heavy atom. The van der Waals surface area contributed by atoms with Gasteiger partial charge in [0.05, 0.1) is 0 Å². The van der Waals surface area contributed by atoms with E-state index in [2.05, 4.69) is 15.1 Å². The van der Waals surface area contributed by atoms with Gasteiger partial charge >= 0.3 is 6.18 Å². The average molecular weight is 243 g/mol. The van der Waals surface area contributed by atoms with Crippen LogP contribution in [-0.2, 0) is 12.7 Å². The van der Waals surface area contributed by atoms with Crippen molar-refractivity contribution >= 4 is 0 Å². The molecule has 2 aromatic rings. The number of hydrogen-bond acceptors (Lipinski definition) is 4. The maximum absolute atomic E-state index is 12.3. The van der Waals surface area contributed by atoms with Gasteiger partial charge in [0.2, 0.25) is 5.95 Å². The largest absolute Gasteiger partial charge is 0.435 e. The Labute approximate surface area is 94.1 Å². The van der Waals surface area contributed by atoms with Crippen LogP contribution in [0, 0.1) is 0 Å². The number of nitrogens with two attached hydrogens (primary N) is 1. The average Bonchev–Trinajstić information content (AvgIpc) is 2.78. The summed E-state index contributed by atoms with van der Waals surface area (Å²) in [5.41, 5.74) is 5.06. The number of aromatic nitrogens is 4. The van der Waals surface area contributed by atoms with Crippen LogP contribution in [0.3, 0.4) is 0 Å². The van der Waals surface area contributed by atoms with E-state index in [0.29, 0.717) is 5.56 Å². The summed E-state index contributed by atoms with van der Waals surface area (Å²) in [6, 6.07) is 0.861. The van der Waals surface area contributed by atoms with Gasteiger partial charge in [-0.2, -0.15) is 18.3 Å². The summed E-state index contributed by atoms with van der Waals surface area (Å²) < 4.78 is 37.9. The second-order valence-electron chi connectivity index (χ2n) is 3.24. The Bertz CT molecular complexity index is 502. The number of rotatable bonds is 2. The lowest BCUT2D eigenvalue weighted by atomic mass is 10.3. The van der Waals surface area contributed by atoms with E-state index in [1.165, 1.54) is 12.4 Å². The lowest BCUT2D eigenvalue weighted by Gasteiger charge is -2.02. The third-order valence-electron chi connectivity index (χ3n) is 2.01. The van der Waals surface area contributed by atoms with Gasteiger partial charge in [-0.05, 0) is 6.07 Å². The fourth-order valence-corrected chi connectivity index (χ4v) is 1.16. The maximum atomic E-state index is 12.3. The van der Waals surface area contributed by atoms with Crippen molar-refractivity contribution in [2.75, 3.05) is 0 Å². The third-order valence-corrected chi connectivity index (χ3v) is 2.01. The predicted molar refractivity (Wildman–Crippen MR) is 52.0 cm³/mol. The molecule has 0 saturated heterocycles. The topological polar surface area (TPSA) is 69.6 Å². The Morgan fingerprint density at radius 3 is 2.35 bits per heavy atom. The van der Waals surface area contributed by atoms with E-state index >= 15 is 0 Å². The fraction of sp³-hybridized carbons (Fsp3) is 0.222. The van der Waals surface area contributed by atoms with Crippen molar-refractivity contribution in [3.8, 4) is 5.95 Å². The molecule has 90 valence electrons. The normalized spacial score (nSPS) is 11.8. The Balaban J connectivity index is 2.30. The second kappa shape index (κ2) is 4.13. The van der Waals surface area contributed by atoms with Crippen LogP contribution in [0.5, 0.6) is 0 Å². The van der Waals surface area contributed by atoms with E-state index in [1.807, 2.05) is 0 Å². The molecule has 0 fully saturated rings. The van der Waals surface area contributed by atoms with Gasteiger partial charge in [0.1, 0.15) is 0 Å². The Hall–Kier alpha value is -1.96. The lowest BCUT2D eigenvalue weighted by Crippen LogP contribution is -2.09. The fourth-order valence-electron chi connectivity index (χ4n) is 1.16. The lowest BCUT2D eigenvalue weighted by molar-refractivity contribution is -0.141.